The second kappa shape index (κ2) is 13.5. The van der Waals surface area contributed by atoms with Crippen LogP contribution in [0.1, 0.15) is 84.0 Å². The minimum atomic E-state index is -1.92. The first-order chi connectivity index (χ1) is 13.4. The Kier molecular flexibility index (Phi) is 11.7. The van der Waals surface area contributed by atoms with E-state index in [0.717, 1.165) is 32.1 Å². The van der Waals surface area contributed by atoms with Gasteiger partial charge in [-0.1, -0.05) is 39.2 Å². The standard InChI is InChI=1S/C23H36O5/c1-3-5-10-17(9-4-2)11-8-12-18-15-16-20(24)19(18)13-6-7-14-21(25)22(26)23(27)28/h9,17-19,22,26H,2-3,5-8,10-16H2,1H3,(H,27,28)/t17?,18-,19+,22?/m0/s1. The van der Waals surface area contributed by atoms with E-state index in [1.807, 2.05) is 0 Å². The van der Waals surface area contributed by atoms with Gasteiger partial charge in [-0.2, -0.15) is 0 Å². The molecule has 0 amide bonds. The number of ketones is 2. The zero-order valence-corrected chi connectivity index (χ0v) is 17.2. The normalized spacial score (nSPS) is 21.1. The fraction of sp³-hybridized carbons (Fsp3) is 0.739. The van der Waals surface area contributed by atoms with Crippen molar-refractivity contribution >= 4 is 17.5 Å². The summed E-state index contributed by atoms with van der Waals surface area (Å²) < 4.78 is 0. The summed E-state index contributed by atoms with van der Waals surface area (Å²) >= 11 is 0. The van der Waals surface area contributed by atoms with Crippen LogP contribution >= 0.6 is 0 Å². The third kappa shape index (κ3) is 8.53. The molecule has 1 rings (SSSR count). The Morgan fingerprint density at radius 2 is 1.93 bits per heavy atom. The first-order valence-electron chi connectivity index (χ1n) is 10.7. The number of Topliss-reactive ketones (excluding diaryl/α,β-unsaturated/α-hetero) is 2. The molecule has 0 spiro atoms. The highest BCUT2D eigenvalue weighted by molar-refractivity contribution is 6.00. The number of aliphatic hydroxyl groups is 1. The Balaban J connectivity index is 2.36. The number of hydrogen-bond acceptors (Lipinski definition) is 4. The summed E-state index contributed by atoms with van der Waals surface area (Å²) in [5.74, 6) is -0.805. The summed E-state index contributed by atoms with van der Waals surface area (Å²) in [4.78, 5) is 34.4. The fourth-order valence-electron chi connectivity index (χ4n) is 4.24. The van der Waals surface area contributed by atoms with Gasteiger partial charge in [0.05, 0.1) is 0 Å². The van der Waals surface area contributed by atoms with E-state index in [0.29, 0.717) is 36.9 Å². The van der Waals surface area contributed by atoms with Crippen molar-refractivity contribution in [3.63, 3.8) is 0 Å². The summed E-state index contributed by atoms with van der Waals surface area (Å²) in [6.45, 7) is 5.89. The quantitative estimate of drug-likeness (QED) is 0.244. The molecule has 158 valence electrons. The van der Waals surface area contributed by atoms with Gasteiger partial charge in [0.25, 0.3) is 0 Å². The summed E-state index contributed by atoms with van der Waals surface area (Å²) in [5, 5.41) is 17.8. The average molecular weight is 393 g/mol. The van der Waals surface area contributed by atoms with E-state index in [4.69, 9.17) is 5.11 Å². The summed E-state index contributed by atoms with van der Waals surface area (Å²) in [7, 11) is 0. The van der Waals surface area contributed by atoms with Gasteiger partial charge in [0.2, 0.25) is 6.10 Å². The van der Waals surface area contributed by atoms with Crippen molar-refractivity contribution in [1.29, 1.82) is 0 Å². The van der Waals surface area contributed by atoms with Crippen molar-refractivity contribution < 1.29 is 24.6 Å². The second-order valence-corrected chi connectivity index (χ2v) is 8.03. The highest BCUT2D eigenvalue weighted by Gasteiger charge is 2.33. The number of carbonyl (C=O) groups excluding carboxylic acids is 2. The molecule has 0 aliphatic heterocycles. The average Bonchev–Trinajstić information content (AvgIpc) is 3.02. The van der Waals surface area contributed by atoms with Gasteiger partial charge in [-0.25, -0.2) is 4.79 Å². The molecule has 0 radical (unpaired) electrons. The van der Waals surface area contributed by atoms with E-state index in [1.165, 1.54) is 19.3 Å². The third-order valence-corrected chi connectivity index (χ3v) is 5.90. The van der Waals surface area contributed by atoms with E-state index >= 15 is 0 Å². The van der Waals surface area contributed by atoms with Crippen LogP contribution in [0.15, 0.2) is 18.4 Å². The largest absolute Gasteiger partial charge is 0.479 e. The molecule has 1 aliphatic carbocycles. The number of aliphatic hydroxyl groups excluding tert-OH is 1. The molecule has 5 heteroatoms. The Bertz CT molecular complexity index is 561. The number of allylic oxidation sites excluding steroid dienone is 1. The van der Waals surface area contributed by atoms with Gasteiger partial charge in [0.15, 0.2) is 5.78 Å². The van der Waals surface area contributed by atoms with Crippen LogP contribution in [0.4, 0.5) is 0 Å². The lowest BCUT2D eigenvalue weighted by molar-refractivity contribution is -0.152. The molecule has 4 atom stereocenters. The van der Waals surface area contributed by atoms with Crippen molar-refractivity contribution in [2.24, 2.45) is 17.8 Å². The van der Waals surface area contributed by atoms with Gasteiger partial charge in [-0.3, -0.25) is 9.59 Å². The zero-order valence-electron chi connectivity index (χ0n) is 17.2. The van der Waals surface area contributed by atoms with Crippen molar-refractivity contribution in [2.75, 3.05) is 0 Å². The van der Waals surface area contributed by atoms with Gasteiger partial charge in [-0.15, -0.1) is 5.73 Å². The number of rotatable bonds is 15. The summed E-state index contributed by atoms with van der Waals surface area (Å²) in [6.07, 6.45) is 10.6. The van der Waals surface area contributed by atoms with Gasteiger partial charge in [0.1, 0.15) is 5.78 Å². The number of aliphatic carboxylic acids is 1. The van der Waals surface area contributed by atoms with E-state index < -0.39 is 17.9 Å². The van der Waals surface area contributed by atoms with E-state index in [1.54, 1.807) is 0 Å². The molecule has 5 nitrogen and oxygen atoms in total. The molecular formula is C23H36O5. The number of carboxylic acid groups (broad SMARTS) is 1. The molecule has 1 aliphatic rings. The molecule has 0 aromatic heterocycles. The van der Waals surface area contributed by atoms with Gasteiger partial charge in [-0.05, 0) is 56.4 Å². The summed E-state index contributed by atoms with van der Waals surface area (Å²) in [6, 6.07) is 0. The number of carboxylic acids is 1. The zero-order chi connectivity index (χ0) is 20.9. The Labute approximate surface area is 168 Å². The van der Waals surface area contributed by atoms with Crippen LogP contribution in [0, 0.1) is 17.8 Å². The predicted octanol–water partition coefficient (Wildman–Crippen LogP) is 4.47. The fourth-order valence-corrected chi connectivity index (χ4v) is 4.24. The molecule has 2 N–H and O–H groups in total. The molecule has 0 aromatic rings. The highest BCUT2D eigenvalue weighted by Crippen LogP contribution is 2.36. The van der Waals surface area contributed by atoms with E-state index in [-0.39, 0.29) is 12.3 Å². The molecule has 2 unspecified atom stereocenters. The van der Waals surface area contributed by atoms with Gasteiger partial charge < -0.3 is 10.2 Å². The number of hydrogen-bond donors (Lipinski definition) is 2. The topological polar surface area (TPSA) is 91.7 Å². The lowest BCUT2D eigenvalue weighted by Crippen LogP contribution is -2.29. The number of carbonyl (C=O) groups is 3. The molecule has 0 saturated heterocycles. The van der Waals surface area contributed by atoms with Crippen molar-refractivity contribution in [3.05, 3.63) is 18.4 Å². The predicted molar refractivity (Wildman–Crippen MR) is 109 cm³/mol. The maximum absolute atomic E-state index is 12.2. The lowest BCUT2D eigenvalue weighted by atomic mass is 9.85. The van der Waals surface area contributed by atoms with Crippen molar-refractivity contribution in [2.45, 2.75) is 90.1 Å². The first-order valence-corrected chi connectivity index (χ1v) is 10.7. The SMILES string of the molecule is C=C=CC(CCCC)CCC[C@H]1CCC(=O)[C@@H]1CCCCC(=O)C(O)C(=O)O. The monoisotopic (exact) mass is 392 g/mol. The third-order valence-electron chi connectivity index (χ3n) is 5.90. The number of unbranched alkanes of at least 4 members (excludes halogenated alkanes) is 2. The van der Waals surface area contributed by atoms with Crippen LogP contribution in [0.2, 0.25) is 0 Å². The molecule has 0 heterocycles. The maximum Gasteiger partial charge on any atom is 0.340 e. The Morgan fingerprint density at radius 3 is 2.57 bits per heavy atom. The van der Waals surface area contributed by atoms with Crippen LogP contribution in [0.5, 0.6) is 0 Å². The molecule has 0 bridgehead atoms. The van der Waals surface area contributed by atoms with E-state index in [2.05, 4.69) is 25.3 Å². The summed E-state index contributed by atoms with van der Waals surface area (Å²) in [5.41, 5.74) is 2.92. The minimum Gasteiger partial charge on any atom is -0.479 e. The van der Waals surface area contributed by atoms with Gasteiger partial charge in [0, 0.05) is 18.8 Å². The van der Waals surface area contributed by atoms with Crippen LogP contribution in [0.25, 0.3) is 0 Å². The van der Waals surface area contributed by atoms with E-state index in [9.17, 15) is 19.5 Å². The Morgan fingerprint density at radius 1 is 1.21 bits per heavy atom. The van der Waals surface area contributed by atoms with Crippen LogP contribution in [0.3, 0.4) is 0 Å². The van der Waals surface area contributed by atoms with Crippen LogP contribution in [-0.2, 0) is 14.4 Å². The molecule has 1 saturated carbocycles. The van der Waals surface area contributed by atoms with Crippen LogP contribution in [-0.4, -0.2) is 33.9 Å². The Hall–Kier alpha value is -1.71. The lowest BCUT2D eigenvalue weighted by Gasteiger charge is -2.19. The van der Waals surface area contributed by atoms with Crippen LogP contribution < -0.4 is 0 Å². The maximum atomic E-state index is 12.2. The first kappa shape index (κ1) is 24.3. The van der Waals surface area contributed by atoms with Crippen molar-refractivity contribution in [1.82, 2.24) is 0 Å². The minimum absolute atomic E-state index is 0.0477. The smallest absolute Gasteiger partial charge is 0.340 e. The van der Waals surface area contributed by atoms with Crippen molar-refractivity contribution in [3.8, 4) is 0 Å². The molecule has 28 heavy (non-hydrogen) atoms. The molecule has 1 fully saturated rings. The highest BCUT2D eigenvalue weighted by atomic mass is 16.4. The molecular weight excluding hydrogens is 356 g/mol. The second-order valence-electron chi connectivity index (χ2n) is 8.03. The molecule has 0 aromatic carbocycles. The van der Waals surface area contributed by atoms with Gasteiger partial charge >= 0.3 is 5.97 Å².